The molecule has 0 saturated heterocycles. The van der Waals surface area contributed by atoms with Crippen LogP contribution in [0.15, 0.2) is 10.5 Å². The number of hydrogen-bond acceptors (Lipinski definition) is 3. The van der Waals surface area contributed by atoms with E-state index in [0.717, 1.165) is 30.2 Å². The van der Waals surface area contributed by atoms with Gasteiger partial charge in [-0.25, -0.2) is 0 Å². The Morgan fingerprint density at radius 3 is 2.44 bits per heavy atom. The largest absolute Gasteiger partial charge is 0.465 e. The van der Waals surface area contributed by atoms with E-state index in [1.54, 1.807) is 0 Å². The van der Waals surface area contributed by atoms with Crippen LogP contribution in [0, 0.1) is 12.3 Å². The molecule has 0 saturated carbocycles. The predicted octanol–water partition coefficient (Wildman–Crippen LogP) is 2.52. The highest BCUT2D eigenvalue weighted by molar-refractivity contribution is 5.20. The molecule has 0 spiro atoms. The van der Waals surface area contributed by atoms with Crippen molar-refractivity contribution in [3.05, 3.63) is 23.2 Å². The van der Waals surface area contributed by atoms with Crippen molar-refractivity contribution >= 4 is 0 Å². The average Bonchev–Trinajstić information content (AvgIpc) is 2.42. The van der Waals surface area contributed by atoms with E-state index in [4.69, 9.17) is 10.2 Å². The molecule has 3 nitrogen and oxygen atoms in total. The van der Waals surface area contributed by atoms with Crippen LogP contribution < -0.4 is 5.73 Å². The van der Waals surface area contributed by atoms with Crippen LogP contribution in [0.1, 0.15) is 37.9 Å². The molecule has 0 amide bonds. The number of hydrogen-bond donors (Lipinski definition) is 1. The number of aryl methyl sites for hydroxylation is 1. The first-order chi connectivity index (χ1) is 7.31. The Bertz CT molecular complexity index is 336. The van der Waals surface area contributed by atoms with Gasteiger partial charge in [0.1, 0.15) is 11.5 Å². The first-order valence-electron chi connectivity index (χ1n) is 5.78. The molecule has 16 heavy (non-hydrogen) atoms. The van der Waals surface area contributed by atoms with Gasteiger partial charge in [-0.2, -0.15) is 0 Å². The second-order valence-corrected chi connectivity index (χ2v) is 5.73. The highest BCUT2D eigenvalue weighted by Crippen LogP contribution is 2.18. The lowest BCUT2D eigenvalue weighted by Crippen LogP contribution is -2.28. The Hall–Kier alpha value is -0.800. The lowest BCUT2D eigenvalue weighted by atomic mass is 9.96. The minimum absolute atomic E-state index is 0.313. The fraction of sp³-hybridized carbons (Fsp3) is 0.692. The number of furan rings is 1. The normalized spacial score (nSPS) is 12.4. The van der Waals surface area contributed by atoms with Crippen molar-refractivity contribution in [2.45, 2.75) is 40.8 Å². The summed E-state index contributed by atoms with van der Waals surface area (Å²) < 4.78 is 5.67. The molecule has 0 aromatic carbocycles. The van der Waals surface area contributed by atoms with Gasteiger partial charge in [0.15, 0.2) is 0 Å². The molecule has 1 rings (SSSR count). The molecule has 0 aliphatic heterocycles. The Labute approximate surface area is 98.6 Å². The summed E-state index contributed by atoms with van der Waals surface area (Å²) >= 11 is 0. The van der Waals surface area contributed by atoms with Gasteiger partial charge in [0.25, 0.3) is 0 Å². The van der Waals surface area contributed by atoms with E-state index in [0.29, 0.717) is 12.0 Å². The number of rotatable bonds is 4. The molecule has 92 valence electrons. The molecule has 2 N–H and O–H groups in total. The summed E-state index contributed by atoms with van der Waals surface area (Å²) in [6.07, 6.45) is 0. The highest BCUT2D eigenvalue weighted by Gasteiger charge is 2.15. The summed E-state index contributed by atoms with van der Waals surface area (Å²) in [5, 5.41) is 0. The number of nitrogens with zero attached hydrogens (tertiary/aromatic N) is 1. The van der Waals surface area contributed by atoms with Gasteiger partial charge in [0, 0.05) is 18.7 Å². The standard InChI is InChI=1S/C13H24N2O/c1-10-11(7-14)6-12(16-10)8-15(5)9-13(2,3)4/h6H,7-9,14H2,1-5H3. The smallest absolute Gasteiger partial charge is 0.118 e. The molecule has 0 atom stereocenters. The van der Waals surface area contributed by atoms with Crippen molar-refractivity contribution in [3.8, 4) is 0 Å². The Morgan fingerprint density at radius 2 is 2.00 bits per heavy atom. The van der Waals surface area contributed by atoms with Gasteiger partial charge in [-0.1, -0.05) is 20.8 Å². The van der Waals surface area contributed by atoms with Crippen LogP contribution in [0.4, 0.5) is 0 Å². The van der Waals surface area contributed by atoms with Gasteiger partial charge in [-0.15, -0.1) is 0 Å². The molecular weight excluding hydrogens is 200 g/mol. The average molecular weight is 224 g/mol. The van der Waals surface area contributed by atoms with Crippen LogP contribution in [0.5, 0.6) is 0 Å². The lowest BCUT2D eigenvalue weighted by Gasteiger charge is -2.25. The predicted molar refractivity (Wildman–Crippen MR) is 67.1 cm³/mol. The molecule has 1 aromatic rings. The van der Waals surface area contributed by atoms with E-state index in [2.05, 4.69) is 38.8 Å². The zero-order chi connectivity index (χ0) is 12.3. The molecule has 0 aliphatic carbocycles. The molecule has 0 radical (unpaired) electrons. The van der Waals surface area contributed by atoms with E-state index in [1.807, 2.05) is 6.92 Å². The Kier molecular flexibility index (Phi) is 4.16. The summed E-state index contributed by atoms with van der Waals surface area (Å²) in [5.41, 5.74) is 7.05. The van der Waals surface area contributed by atoms with Crippen molar-refractivity contribution in [1.82, 2.24) is 4.90 Å². The van der Waals surface area contributed by atoms with E-state index in [1.165, 1.54) is 0 Å². The maximum absolute atomic E-state index is 5.67. The maximum Gasteiger partial charge on any atom is 0.118 e. The zero-order valence-electron chi connectivity index (χ0n) is 11.1. The van der Waals surface area contributed by atoms with Crippen molar-refractivity contribution in [2.75, 3.05) is 13.6 Å². The molecule has 1 heterocycles. The highest BCUT2D eigenvalue weighted by atomic mass is 16.3. The molecular formula is C13H24N2O. The van der Waals surface area contributed by atoms with Gasteiger partial charge in [0.05, 0.1) is 6.54 Å². The fourth-order valence-electron chi connectivity index (χ4n) is 2.00. The first-order valence-corrected chi connectivity index (χ1v) is 5.78. The van der Waals surface area contributed by atoms with Crippen molar-refractivity contribution in [1.29, 1.82) is 0 Å². The topological polar surface area (TPSA) is 42.4 Å². The third kappa shape index (κ3) is 3.99. The zero-order valence-corrected chi connectivity index (χ0v) is 11.1. The minimum atomic E-state index is 0.313. The van der Waals surface area contributed by atoms with Gasteiger partial charge in [-0.3, -0.25) is 4.90 Å². The van der Waals surface area contributed by atoms with E-state index < -0.39 is 0 Å². The monoisotopic (exact) mass is 224 g/mol. The van der Waals surface area contributed by atoms with E-state index in [9.17, 15) is 0 Å². The summed E-state index contributed by atoms with van der Waals surface area (Å²) in [4.78, 5) is 2.28. The van der Waals surface area contributed by atoms with Crippen LogP contribution in [0.25, 0.3) is 0 Å². The van der Waals surface area contributed by atoms with Crippen LogP contribution in [0.3, 0.4) is 0 Å². The van der Waals surface area contributed by atoms with Crippen LogP contribution in [-0.4, -0.2) is 18.5 Å². The van der Waals surface area contributed by atoms with Crippen molar-refractivity contribution in [3.63, 3.8) is 0 Å². The Balaban J connectivity index is 2.59. The van der Waals surface area contributed by atoms with E-state index in [-0.39, 0.29) is 0 Å². The summed E-state index contributed by atoms with van der Waals surface area (Å²) in [6, 6.07) is 2.06. The minimum Gasteiger partial charge on any atom is -0.465 e. The molecule has 3 heteroatoms. The molecule has 0 fully saturated rings. The first kappa shape index (κ1) is 13.3. The number of nitrogens with two attached hydrogens (primary N) is 1. The lowest BCUT2D eigenvalue weighted by molar-refractivity contribution is 0.207. The van der Waals surface area contributed by atoms with Gasteiger partial charge in [-0.05, 0) is 25.5 Å². The van der Waals surface area contributed by atoms with Gasteiger partial charge >= 0.3 is 0 Å². The fourth-order valence-corrected chi connectivity index (χ4v) is 2.00. The third-order valence-corrected chi connectivity index (χ3v) is 2.46. The van der Waals surface area contributed by atoms with Gasteiger partial charge < -0.3 is 10.2 Å². The maximum atomic E-state index is 5.67. The second-order valence-electron chi connectivity index (χ2n) is 5.73. The summed E-state index contributed by atoms with van der Waals surface area (Å²) in [7, 11) is 2.12. The molecule has 0 bridgehead atoms. The third-order valence-electron chi connectivity index (χ3n) is 2.46. The SMILES string of the molecule is Cc1oc(CN(C)CC(C)(C)C)cc1CN. The van der Waals surface area contributed by atoms with E-state index >= 15 is 0 Å². The molecule has 0 aliphatic rings. The van der Waals surface area contributed by atoms with Crippen LogP contribution >= 0.6 is 0 Å². The van der Waals surface area contributed by atoms with Crippen molar-refractivity contribution < 1.29 is 4.42 Å². The Morgan fingerprint density at radius 1 is 1.38 bits per heavy atom. The summed E-state index contributed by atoms with van der Waals surface area (Å²) in [6.45, 7) is 11.1. The van der Waals surface area contributed by atoms with Crippen LogP contribution in [-0.2, 0) is 13.1 Å². The van der Waals surface area contributed by atoms with Crippen molar-refractivity contribution in [2.24, 2.45) is 11.1 Å². The summed E-state index contributed by atoms with van der Waals surface area (Å²) in [5.74, 6) is 1.95. The second kappa shape index (κ2) is 5.02. The quantitative estimate of drug-likeness (QED) is 0.854. The molecule has 1 aromatic heterocycles. The molecule has 0 unspecified atom stereocenters. The van der Waals surface area contributed by atoms with Crippen LogP contribution in [0.2, 0.25) is 0 Å². The van der Waals surface area contributed by atoms with Gasteiger partial charge in [0.2, 0.25) is 0 Å².